The molecule has 0 saturated heterocycles. The molecule has 0 radical (unpaired) electrons. The molecule has 0 amide bonds. The maximum atomic E-state index is 10.3. The first-order chi connectivity index (χ1) is 8.77. The summed E-state index contributed by atoms with van der Waals surface area (Å²) in [5.41, 5.74) is 0. The number of carboxylic acids is 1. The van der Waals surface area contributed by atoms with Crippen molar-refractivity contribution in [2.75, 3.05) is 0 Å². The second-order valence-electron chi connectivity index (χ2n) is 5.02. The van der Waals surface area contributed by atoms with E-state index in [0.29, 0.717) is 6.42 Å². The zero-order valence-electron chi connectivity index (χ0n) is 12.7. The fourth-order valence-corrected chi connectivity index (χ4v) is 1.99. The first kappa shape index (κ1) is 21.4. The van der Waals surface area contributed by atoms with Crippen LogP contribution in [0.4, 0.5) is 0 Å². The van der Waals surface area contributed by atoms with Crippen molar-refractivity contribution in [3.05, 3.63) is 12.2 Å². The molecule has 19 heavy (non-hydrogen) atoms. The molecule has 0 heterocycles. The maximum Gasteiger partial charge on any atom is 0.303 e. The Morgan fingerprint density at radius 1 is 0.842 bits per heavy atom. The summed E-state index contributed by atoms with van der Waals surface area (Å²) in [6.07, 6.45) is 18.3. The molecule has 0 atom stereocenters. The Labute approximate surface area is 139 Å². The summed E-state index contributed by atoms with van der Waals surface area (Å²) in [5.74, 6) is -0.666. The van der Waals surface area contributed by atoms with Crippen LogP contribution >= 0.6 is 0 Å². The van der Waals surface area contributed by atoms with Gasteiger partial charge >= 0.3 is 5.97 Å². The van der Waals surface area contributed by atoms with Crippen molar-refractivity contribution >= 4 is 5.97 Å². The smallest absolute Gasteiger partial charge is 0.303 e. The fourth-order valence-electron chi connectivity index (χ4n) is 1.99. The number of aliphatic carboxylic acids is 1. The summed E-state index contributed by atoms with van der Waals surface area (Å²) in [4.78, 5) is 10.3. The normalized spacial score (nSPS) is 10.6. The summed E-state index contributed by atoms with van der Waals surface area (Å²) in [6, 6.07) is 0. The molecule has 1 N–H and O–H groups in total. The van der Waals surface area contributed by atoms with Crippen molar-refractivity contribution in [3.63, 3.8) is 0 Å². The average Bonchev–Trinajstić information content (AvgIpc) is 2.34. The minimum absolute atomic E-state index is 0. The van der Waals surface area contributed by atoms with E-state index in [2.05, 4.69) is 19.1 Å². The second kappa shape index (κ2) is 18.1. The summed E-state index contributed by atoms with van der Waals surface area (Å²) in [6.45, 7) is 2.24. The predicted molar refractivity (Wildman–Crippen MR) is 77.9 cm³/mol. The minimum atomic E-state index is -0.666. The van der Waals surface area contributed by atoms with E-state index in [-0.39, 0.29) is 27.3 Å². The van der Waals surface area contributed by atoms with Gasteiger partial charge in [0.25, 0.3) is 0 Å². The molecule has 0 fully saturated rings. The van der Waals surface area contributed by atoms with Crippen molar-refractivity contribution < 1.29 is 37.2 Å². The van der Waals surface area contributed by atoms with Crippen molar-refractivity contribution in [1.29, 1.82) is 0 Å². The minimum Gasteiger partial charge on any atom is -0.481 e. The Kier molecular flexibility index (Phi) is 20.5. The summed E-state index contributed by atoms with van der Waals surface area (Å²) < 4.78 is 0. The number of rotatable bonds is 13. The van der Waals surface area contributed by atoms with Crippen LogP contribution in [0.15, 0.2) is 12.2 Å². The molecule has 0 saturated carbocycles. The van der Waals surface area contributed by atoms with E-state index in [1.54, 1.807) is 0 Å². The van der Waals surface area contributed by atoms with Gasteiger partial charge in [-0.3, -0.25) is 4.79 Å². The fraction of sp³-hybridized carbons (Fsp3) is 0.812. The van der Waals surface area contributed by atoms with Crippen molar-refractivity contribution in [3.8, 4) is 0 Å². The van der Waals surface area contributed by atoms with E-state index >= 15 is 0 Å². The van der Waals surface area contributed by atoms with E-state index in [4.69, 9.17) is 5.11 Å². The number of unbranched alkanes of at least 4 members (excludes halogenated alkanes) is 9. The molecule has 3 heteroatoms. The maximum absolute atomic E-state index is 10.3. The van der Waals surface area contributed by atoms with E-state index in [9.17, 15) is 4.79 Å². The molecule has 0 unspecified atom stereocenters. The van der Waals surface area contributed by atoms with Crippen LogP contribution in [0.2, 0.25) is 0 Å². The van der Waals surface area contributed by atoms with Crippen LogP contribution < -0.4 is 0 Å². The van der Waals surface area contributed by atoms with Gasteiger partial charge in [0, 0.05) is 33.7 Å². The number of hydrogen-bond acceptors (Lipinski definition) is 1. The molecular weight excluding hydrogens is 337 g/mol. The number of carboxylic acid groups (broad SMARTS) is 1. The molecule has 0 aromatic rings. The van der Waals surface area contributed by atoms with Gasteiger partial charge in [0.2, 0.25) is 0 Å². The first-order valence-electron chi connectivity index (χ1n) is 7.64. The van der Waals surface area contributed by atoms with Crippen LogP contribution in [0.25, 0.3) is 0 Å². The molecule has 2 nitrogen and oxygen atoms in total. The third-order valence-electron chi connectivity index (χ3n) is 3.15. The predicted octanol–water partition coefficient (Wildman–Crippen LogP) is 5.33. The summed E-state index contributed by atoms with van der Waals surface area (Å²) in [7, 11) is 0. The van der Waals surface area contributed by atoms with Gasteiger partial charge in [0.15, 0.2) is 0 Å². The van der Waals surface area contributed by atoms with E-state index in [1.165, 1.54) is 57.8 Å². The van der Waals surface area contributed by atoms with Crippen LogP contribution in [-0.4, -0.2) is 11.1 Å². The number of carbonyl (C=O) groups is 1. The van der Waals surface area contributed by atoms with Gasteiger partial charge in [-0.2, -0.15) is 0 Å². The molecule has 0 bridgehead atoms. The quantitative estimate of drug-likeness (QED) is 0.272. The molecule has 0 aliphatic carbocycles. The van der Waals surface area contributed by atoms with Gasteiger partial charge in [0.05, 0.1) is 0 Å². The zero-order valence-corrected chi connectivity index (χ0v) is 16.7. The van der Waals surface area contributed by atoms with Crippen molar-refractivity contribution in [2.45, 2.75) is 84.0 Å². The van der Waals surface area contributed by atoms with Crippen molar-refractivity contribution in [1.82, 2.24) is 0 Å². The van der Waals surface area contributed by atoms with E-state index in [1.807, 2.05) is 0 Å². The topological polar surface area (TPSA) is 37.3 Å². The summed E-state index contributed by atoms with van der Waals surface area (Å²) >= 11 is 0. The third kappa shape index (κ3) is 20.6. The van der Waals surface area contributed by atoms with Crippen LogP contribution in [-0.2, 0) is 32.1 Å². The molecule has 0 aromatic heterocycles. The molecule has 0 aliphatic heterocycles. The van der Waals surface area contributed by atoms with Gasteiger partial charge in [-0.05, 0) is 32.1 Å². The Morgan fingerprint density at radius 2 is 1.32 bits per heavy atom. The molecule has 108 valence electrons. The van der Waals surface area contributed by atoms with Gasteiger partial charge < -0.3 is 5.11 Å². The monoisotopic (exact) mass is 368 g/mol. The Bertz CT molecular complexity index is 215. The van der Waals surface area contributed by atoms with Gasteiger partial charge in [-0.15, -0.1) is 0 Å². The van der Waals surface area contributed by atoms with Gasteiger partial charge in [-0.1, -0.05) is 57.6 Å². The van der Waals surface area contributed by atoms with Crippen LogP contribution in [0, 0.1) is 0 Å². The molecular formula is C16H30CdO2. The number of hydrogen-bond donors (Lipinski definition) is 1. The van der Waals surface area contributed by atoms with Crippen LogP contribution in [0.5, 0.6) is 0 Å². The molecule has 0 aliphatic rings. The Balaban J connectivity index is 0. The van der Waals surface area contributed by atoms with Crippen molar-refractivity contribution in [2.24, 2.45) is 0 Å². The zero-order chi connectivity index (χ0) is 13.5. The SMILES string of the molecule is CCCCCC/C=C\CCCCCCCC(=O)O.[Cd]. The molecule has 0 rings (SSSR count). The van der Waals surface area contributed by atoms with Crippen LogP contribution in [0.3, 0.4) is 0 Å². The largest absolute Gasteiger partial charge is 0.481 e. The average molecular weight is 367 g/mol. The van der Waals surface area contributed by atoms with Crippen LogP contribution in [0.1, 0.15) is 84.0 Å². The van der Waals surface area contributed by atoms with E-state index < -0.39 is 5.97 Å². The summed E-state index contributed by atoms with van der Waals surface area (Å²) in [5, 5.41) is 8.48. The first-order valence-corrected chi connectivity index (χ1v) is 7.64. The second-order valence-corrected chi connectivity index (χ2v) is 5.02. The van der Waals surface area contributed by atoms with E-state index in [0.717, 1.165) is 12.8 Å². The molecule has 0 aromatic carbocycles. The third-order valence-corrected chi connectivity index (χ3v) is 3.15. The van der Waals surface area contributed by atoms with Gasteiger partial charge in [-0.25, -0.2) is 0 Å². The Hall–Kier alpha value is 0.132. The number of allylic oxidation sites excluding steroid dienone is 2. The Morgan fingerprint density at radius 3 is 1.84 bits per heavy atom. The molecule has 0 spiro atoms. The van der Waals surface area contributed by atoms with Gasteiger partial charge in [0.1, 0.15) is 0 Å². The standard InChI is InChI=1S/C16H30O2.Cd/c1-2-3-4-5-6-7-8-9-10-11-12-13-14-15-16(17)18;/h7-8H,2-6,9-15H2,1H3,(H,17,18);/b8-7-;.